The number of nitrogens with one attached hydrogen (secondary N) is 1. The number of rotatable bonds is 8. The van der Waals surface area contributed by atoms with Crippen LogP contribution < -0.4 is 19.5 Å². The molecule has 7 nitrogen and oxygen atoms in total. The lowest BCUT2D eigenvalue weighted by Crippen LogP contribution is -2.15. The Hall–Kier alpha value is -2.32. The molecule has 0 saturated heterocycles. The van der Waals surface area contributed by atoms with E-state index >= 15 is 0 Å². The maximum atomic E-state index is 12.4. The van der Waals surface area contributed by atoms with Gasteiger partial charge in [0, 0.05) is 13.2 Å². The Morgan fingerprint density at radius 1 is 1.22 bits per heavy atom. The number of carbonyl (C=O) groups excluding carboxylic acids is 1. The molecule has 0 unspecified atom stereocenters. The lowest BCUT2D eigenvalue weighted by Gasteiger charge is -2.12. The number of ether oxygens (including phenoxy) is 4. The molecule has 0 aliphatic heterocycles. The first-order chi connectivity index (χ1) is 11.2. The number of amides is 1. The Morgan fingerprint density at radius 3 is 2.70 bits per heavy atom. The average molecular weight is 338 g/mol. The summed E-state index contributed by atoms with van der Waals surface area (Å²) < 4.78 is 20.8. The van der Waals surface area contributed by atoms with Crippen LogP contribution in [0.4, 0.5) is 5.13 Å². The minimum atomic E-state index is -0.322. The molecule has 1 amide bonds. The Bertz CT molecular complexity index is 659. The van der Waals surface area contributed by atoms with Crippen molar-refractivity contribution in [3.05, 3.63) is 30.0 Å². The second kappa shape index (κ2) is 8.35. The summed E-state index contributed by atoms with van der Waals surface area (Å²) in [6, 6.07) is 4.99. The lowest BCUT2D eigenvalue weighted by atomic mass is 10.2. The number of hydrogen-bond donors (Lipinski definition) is 1. The number of hydrogen-bond acceptors (Lipinski definition) is 7. The zero-order valence-corrected chi connectivity index (χ0v) is 13.9. The van der Waals surface area contributed by atoms with E-state index in [9.17, 15) is 4.79 Å². The summed E-state index contributed by atoms with van der Waals surface area (Å²) >= 11 is 1.24. The summed E-state index contributed by atoms with van der Waals surface area (Å²) in [6.45, 7) is 0.747. The molecule has 2 aromatic rings. The van der Waals surface area contributed by atoms with Crippen molar-refractivity contribution in [1.82, 2.24) is 4.98 Å². The minimum Gasteiger partial charge on any atom is -0.497 e. The largest absolute Gasteiger partial charge is 0.497 e. The van der Waals surface area contributed by atoms with Crippen molar-refractivity contribution in [2.24, 2.45) is 0 Å². The topological polar surface area (TPSA) is 78.9 Å². The van der Waals surface area contributed by atoms with Crippen molar-refractivity contribution in [3.8, 4) is 16.6 Å². The van der Waals surface area contributed by atoms with Crippen LogP contribution >= 0.6 is 11.3 Å². The van der Waals surface area contributed by atoms with Crippen molar-refractivity contribution in [2.75, 3.05) is 39.9 Å². The standard InChI is InChI=1S/C15H18N2O5S/c1-19-6-7-22-12-8-10(20-2)4-5-11(12)14(18)17-15-16-9-13(21-3)23-15/h4-5,8-9H,6-7H2,1-3H3,(H,16,17,18). The summed E-state index contributed by atoms with van der Waals surface area (Å²) in [6.07, 6.45) is 1.55. The van der Waals surface area contributed by atoms with E-state index in [0.29, 0.717) is 40.5 Å². The van der Waals surface area contributed by atoms with E-state index in [-0.39, 0.29) is 5.91 Å². The van der Waals surface area contributed by atoms with Crippen LogP contribution in [0.25, 0.3) is 0 Å². The van der Waals surface area contributed by atoms with E-state index in [2.05, 4.69) is 10.3 Å². The van der Waals surface area contributed by atoms with Gasteiger partial charge in [0.05, 0.1) is 32.6 Å². The third kappa shape index (κ3) is 4.57. The summed E-state index contributed by atoms with van der Waals surface area (Å²) in [7, 11) is 4.68. The van der Waals surface area contributed by atoms with Crippen molar-refractivity contribution >= 4 is 22.4 Å². The number of nitrogens with zero attached hydrogens (tertiary/aromatic N) is 1. The van der Waals surface area contributed by atoms with E-state index in [0.717, 1.165) is 0 Å². The Labute approximate surface area is 138 Å². The zero-order valence-electron chi connectivity index (χ0n) is 13.1. The van der Waals surface area contributed by atoms with Crippen LogP contribution in [0.1, 0.15) is 10.4 Å². The molecule has 0 atom stereocenters. The van der Waals surface area contributed by atoms with Crippen LogP contribution in [0.2, 0.25) is 0 Å². The SMILES string of the molecule is COCCOc1cc(OC)ccc1C(=O)Nc1ncc(OC)s1. The first kappa shape index (κ1) is 17.0. The van der Waals surface area contributed by atoms with E-state index in [1.54, 1.807) is 45.7 Å². The Balaban J connectivity index is 2.16. The van der Waals surface area contributed by atoms with Gasteiger partial charge in [-0.25, -0.2) is 4.98 Å². The molecule has 1 aromatic heterocycles. The number of thiazole rings is 1. The molecule has 0 aliphatic rings. The van der Waals surface area contributed by atoms with Gasteiger partial charge in [0.1, 0.15) is 18.1 Å². The summed E-state index contributed by atoms with van der Waals surface area (Å²) in [5.41, 5.74) is 0.385. The van der Waals surface area contributed by atoms with Crippen molar-refractivity contribution < 1.29 is 23.7 Å². The molecule has 2 rings (SSSR count). The normalized spacial score (nSPS) is 10.2. The second-order valence-electron chi connectivity index (χ2n) is 4.35. The van der Waals surface area contributed by atoms with Gasteiger partial charge in [-0.05, 0) is 12.1 Å². The molecule has 1 N–H and O–H groups in total. The van der Waals surface area contributed by atoms with E-state index in [1.807, 2.05) is 0 Å². The van der Waals surface area contributed by atoms with Crippen LogP contribution in [0, 0.1) is 0 Å². The third-order valence-corrected chi connectivity index (χ3v) is 3.76. The smallest absolute Gasteiger partial charge is 0.261 e. The van der Waals surface area contributed by atoms with Gasteiger partial charge in [-0.3, -0.25) is 10.1 Å². The number of aromatic nitrogens is 1. The van der Waals surface area contributed by atoms with Crippen LogP contribution in [0.3, 0.4) is 0 Å². The molecule has 0 spiro atoms. The highest BCUT2D eigenvalue weighted by atomic mass is 32.1. The Morgan fingerprint density at radius 2 is 2.04 bits per heavy atom. The van der Waals surface area contributed by atoms with Gasteiger partial charge in [0.25, 0.3) is 5.91 Å². The second-order valence-corrected chi connectivity index (χ2v) is 5.34. The highest BCUT2D eigenvalue weighted by molar-refractivity contribution is 7.17. The highest BCUT2D eigenvalue weighted by Crippen LogP contribution is 2.28. The predicted molar refractivity (Wildman–Crippen MR) is 87.0 cm³/mol. The molecule has 1 heterocycles. The maximum Gasteiger partial charge on any atom is 0.261 e. The van der Waals surface area contributed by atoms with E-state index in [1.165, 1.54) is 11.3 Å². The van der Waals surface area contributed by atoms with Crippen LogP contribution in [-0.4, -0.2) is 45.4 Å². The molecule has 8 heteroatoms. The molecule has 0 fully saturated rings. The highest BCUT2D eigenvalue weighted by Gasteiger charge is 2.16. The van der Waals surface area contributed by atoms with Gasteiger partial charge < -0.3 is 18.9 Å². The van der Waals surface area contributed by atoms with Gasteiger partial charge in [0.15, 0.2) is 10.2 Å². The molecule has 0 aliphatic carbocycles. The average Bonchev–Trinajstić information content (AvgIpc) is 3.02. The van der Waals surface area contributed by atoms with Gasteiger partial charge >= 0.3 is 0 Å². The van der Waals surface area contributed by atoms with E-state index in [4.69, 9.17) is 18.9 Å². The fourth-order valence-corrected chi connectivity index (χ4v) is 2.38. The molecule has 124 valence electrons. The third-order valence-electron chi connectivity index (χ3n) is 2.88. The number of benzene rings is 1. The molecular formula is C15H18N2O5S. The van der Waals surface area contributed by atoms with Crippen LogP contribution in [0.5, 0.6) is 16.6 Å². The number of methoxy groups -OCH3 is 3. The molecule has 1 aromatic carbocycles. The van der Waals surface area contributed by atoms with Crippen molar-refractivity contribution in [3.63, 3.8) is 0 Å². The number of carbonyl (C=O) groups is 1. The molecule has 0 radical (unpaired) electrons. The first-order valence-corrected chi connectivity index (χ1v) is 7.60. The lowest BCUT2D eigenvalue weighted by molar-refractivity contribution is 0.101. The van der Waals surface area contributed by atoms with Gasteiger partial charge in [-0.15, -0.1) is 0 Å². The summed E-state index contributed by atoms with van der Waals surface area (Å²) in [4.78, 5) is 16.5. The molecule has 0 bridgehead atoms. The molecule has 23 heavy (non-hydrogen) atoms. The monoisotopic (exact) mass is 338 g/mol. The van der Waals surface area contributed by atoms with Crippen LogP contribution in [-0.2, 0) is 4.74 Å². The van der Waals surface area contributed by atoms with E-state index < -0.39 is 0 Å². The molecule has 0 saturated carbocycles. The van der Waals surface area contributed by atoms with Gasteiger partial charge in [0.2, 0.25) is 0 Å². The summed E-state index contributed by atoms with van der Waals surface area (Å²) in [5, 5.41) is 3.78. The zero-order chi connectivity index (χ0) is 16.7. The first-order valence-electron chi connectivity index (χ1n) is 6.79. The summed E-state index contributed by atoms with van der Waals surface area (Å²) in [5.74, 6) is 0.698. The quantitative estimate of drug-likeness (QED) is 0.745. The van der Waals surface area contributed by atoms with Gasteiger partial charge in [-0.1, -0.05) is 11.3 Å². The predicted octanol–water partition coefficient (Wildman–Crippen LogP) is 2.44. The fourth-order valence-electron chi connectivity index (χ4n) is 1.75. The Kier molecular flexibility index (Phi) is 6.19. The maximum absolute atomic E-state index is 12.4. The molecular weight excluding hydrogens is 320 g/mol. The minimum absolute atomic E-state index is 0.322. The van der Waals surface area contributed by atoms with Gasteiger partial charge in [-0.2, -0.15) is 0 Å². The number of anilines is 1. The van der Waals surface area contributed by atoms with Crippen LogP contribution in [0.15, 0.2) is 24.4 Å². The fraction of sp³-hybridized carbons (Fsp3) is 0.333. The van der Waals surface area contributed by atoms with Crippen molar-refractivity contribution in [1.29, 1.82) is 0 Å². The van der Waals surface area contributed by atoms with Crippen molar-refractivity contribution in [2.45, 2.75) is 0 Å².